The van der Waals surface area contributed by atoms with Gasteiger partial charge < -0.3 is 9.42 Å². The molecule has 0 N–H and O–H groups in total. The van der Waals surface area contributed by atoms with Crippen molar-refractivity contribution >= 4 is 5.82 Å². The summed E-state index contributed by atoms with van der Waals surface area (Å²) in [5.74, 6) is 4.57. The summed E-state index contributed by atoms with van der Waals surface area (Å²) in [4.78, 5) is 15.8. The molecular formula is C16H21N5O. The number of rotatable bonds is 3. The maximum atomic E-state index is 5.39. The Labute approximate surface area is 130 Å². The molecule has 0 unspecified atom stereocenters. The fourth-order valence-electron chi connectivity index (χ4n) is 3.14. The van der Waals surface area contributed by atoms with E-state index in [0.717, 1.165) is 55.0 Å². The highest BCUT2D eigenvalue weighted by Crippen LogP contribution is 2.39. The quantitative estimate of drug-likeness (QED) is 0.868. The average Bonchev–Trinajstić information content (AvgIpc) is 3.24. The third-order valence-corrected chi connectivity index (χ3v) is 4.52. The second kappa shape index (κ2) is 5.34. The van der Waals surface area contributed by atoms with E-state index < -0.39 is 0 Å². The van der Waals surface area contributed by atoms with E-state index in [1.807, 2.05) is 13.8 Å². The van der Waals surface area contributed by atoms with Gasteiger partial charge in [-0.3, -0.25) is 0 Å². The van der Waals surface area contributed by atoms with Crippen LogP contribution in [0.2, 0.25) is 0 Å². The molecule has 6 nitrogen and oxygen atoms in total. The molecule has 1 saturated carbocycles. The van der Waals surface area contributed by atoms with Crippen LogP contribution in [0.5, 0.6) is 0 Å². The fourth-order valence-corrected chi connectivity index (χ4v) is 3.14. The van der Waals surface area contributed by atoms with Crippen LogP contribution in [0.25, 0.3) is 0 Å². The van der Waals surface area contributed by atoms with Crippen LogP contribution in [0, 0.1) is 13.8 Å². The Morgan fingerprint density at radius 2 is 1.77 bits per heavy atom. The Kier molecular flexibility index (Phi) is 3.32. The zero-order valence-electron chi connectivity index (χ0n) is 13.1. The number of aryl methyl sites for hydroxylation is 2. The predicted octanol–water partition coefficient (Wildman–Crippen LogP) is 2.74. The van der Waals surface area contributed by atoms with Crippen LogP contribution in [-0.4, -0.2) is 33.2 Å². The van der Waals surface area contributed by atoms with Gasteiger partial charge in [-0.05, 0) is 39.5 Å². The van der Waals surface area contributed by atoms with E-state index >= 15 is 0 Å². The van der Waals surface area contributed by atoms with Crippen molar-refractivity contribution in [2.45, 2.75) is 51.4 Å². The molecule has 22 heavy (non-hydrogen) atoms. The van der Waals surface area contributed by atoms with Gasteiger partial charge in [0.1, 0.15) is 11.6 Å². The molecular weight excluding hydrogens is 278 g/mol. The van der Waals surface area contributed by atoms with E-state index in [9.17, 15) is 0 Å². The molecule has 2 fully saturated rings. The Bertz CT molecular complexity index is 651. The summed E-state index contributed by atoms with van der Waals surface area (Å²) in [6, 6.07) is 2.06. The first kappa shape index (κ1) is 13.7. The first-order valence-electron chi connectivity index (χ1n) is 8.10. The van der Waals surface area contributed by atoms with Crippen molar-refractivity contribution in [3.63, 3.8) is 0 Å². The van der Waals surface area contributed by atoms with E-state index in [4.69, 9.17) is 4.52 Å². The van der Waals surface area contributed by atoms with E-state index in [1.54, 1.807) is 0 Å². The molecule has 1 saturated heterocycles. The molecule has 3 heterocycles. The predicted molar refractivity (Wildman–Crippen MR) is 82.0 cm³/mol. The van der Waals surface area contributed by atoms with Crippen LogP contribution in [-0.2, 0) is 0 Å². The number of hydrogen-bond acceptors (Lipinski definition) is 6. The highest BCUT2D eigenvalue weighted by atomic mass is 16.5. The molecule has 4 rings (SSSR count). The summed E-state index contributed by atoms with van der Waals surface area (Å²) in [5.41, 5.74) is 1.02. The minimum Gasteiger partial charge on any atom is -0.356 e. The van der Waals surface area contributed by atoms with Gasteiger partial charge in [-0.15, -0.1) is 0 Å². The van der Waals surface area contributed by atoms with Gasteiger partial charge >= 0.3 is 0 Å². The number of nitrogens with zero attached hydrogens (tertiary/aromatic N) is 5. The second-order valence-corrected chi connectivity index (χ2v) is 6.44. The lowest BCUT2D eigenvalue weighted by atomic mass is 9.96. The van der Waals surface area contributed by atoms with Crippen molar-refractivity contribution < 1.29 is 4.52 Å². The third kappa shape index (κ3) is 2.69. The van der Waals surface area contributed by atoms with Crippen LogP contribution in [0.3, 0.4) is 0 Å². The van der Waals surface area contributed by atoms with Crippen molar-refractivity contribution in [1.82, 2.24) is 20.1 Å². The first-order valence-corrected chi connectivity index (χ1v) is 8.10. The minimum absolute atomic E-state index is 0.413. The summed E-state index contributed by atoms with van der Waals surface area (Å²) >= 11 is 0. The molecule has 1 aliphatic carbocycles. The molecule has 1 aliphatic heterocycles. The lowest BCUT2D eigenvalue weighted by Crippen LogP contribution is -2.34. The van der Waals surface area contributed by atoms with Gasteiger partial charge in [-0.2, -0.15) is 4.98 Å². The molecule has 2 aromatic rings. The zero-order chi connectivity index (χ0) is 15.1. The average molecular weight is 299 g/mol. The fraction of sp³-hybridized carbons (Fsp3) is 0.625. The van der Waals surface area contributed by atoms with Crippen LogP contribution < -0.4 is 4.90 Å². The Hall–Kier alpha value is -1.98. The lowest BCUT2D eigenvalue weighted by Gasteiger charge is -2.31. The maximum Gasteiger partial charge on any atom is 0.229 e. The van der Waals surface area contributed by atoms with E-state index in [0.29, 0.717) is 11.8 Å². The van der Waals surface area contributed by atoms with Gasteiger partial charge in [-0.1, -0.05) is 5.16 Å². The van der Waals surface area contributed by atoms with Crippen molar-refractivity contribution in [3.8, 4) is 0 Å². The van der Waals surface area contributed by atoms with Gasteiger partial charge in [0.05, 0.1) is 0 Å². The highest BCUT2D eigenvalue weighted by molar-refractivity contribution is 5.40. The summed E-state index contributed by atoms with van der Waals surface area (Å²) < 4.78 is 5.39. The summed E-state index contributed by atoms with van der Waals surface area (Å²) in [6.45, 7) is 5.92. The molecule has 0 bridgehead atoms. The van der Waals surface area contributed by atoms with Gasteiger partial charge in [-0.25, -0.2) is 9.97 Å². The highest BCUT2D eigenvalue weighted by Gasteiger charge is 2.32. The molecule has 2 aromatic heterocycles. The van der Waals surface area contributed by atoms with Crippen LogP contribution in [0.4, 0.5) is 5.82 Å². The standard InChI is InChI=1S/C16H21N5O/c1-10-9-14(18-11(2)17-10)21-7-5-12(6-8-21)15-19-16(22-20-15)13-3-4-13/h9,12-13H,3-8H2,1-2H3. The molecule has 116 valence electrons. The van der Waals surface area contributed by atoms with Crippen molar-refractivity contribution in [3.05, 3.63) is 29.3 Å². The number of piperidine rings is 1. The molecule has 2 aliphatic rings. The smallest absolute Gasteiger partial charge is 0.229 e. The van der Waals surface area contributed by atoms with E-state index in [-0.39, 0.29) is 0 Å². The van der Waals surface area contributed by atoms with Gasteiger partial charge in [0.25, 0.3) is 0 Å². The Morgan fingerprint density at radius 1 is 1.00 bits per heavy atom. The van der Waals surface area contributed by atoms with Crippen LogP contribution in [0.1, 0.15) is 60.8 Å². The van der Waals surface area contributed by atoms with Crippen molar-refractivity contribution in [2.24, 2.45) is 0 Å². The molecule has 0 amide bonds. The minimum atomic E-state index is 0.413. The molecule has 0 aromatic carbocycles. The Balaban J connectivity index is 1.43. The number of anilines is 1. The third-order valence-electron chi connectivity index (χ3n) is 4.52. The molecule has 0 atom stereocenters. The van der Waals surface area contributed by atoms with Gasteiger partial charge in [0, 0.05) is 36.7 Å². The monoisotopic (exact) mass is 299 g/mol. The van der Waals surface area contributed by atoms with Gasteiger partial charge in [0.2, 0.25) is 5.89 Å². The van der Waals surface area contributed by atoms with Crippen molar-refractivity contribution in [2.75, 3.05) is 18.0 Å². The topological polar surface area (TPSA) is 67.9 Å². The van der Waals surface area contributed by atoms with Crippen LogP contribution >= 0.6 is 0 Å². The number of aromatic nitrogens is 4. The number of hydrogen-bond donors (Lipinski definition) is 0. The Morgan fingerprint density at radius 3 is 2.45 bits per heavy atom. The van der Waals surface area contributed by atoms with Crippen molar-refractivity contribution in [1.29, 1.82) is 0 Å². The largest absolute Gasteiger partial charge is 0.356 e. The molecule has 0 spiro atoms. The van der Waals surface area contributed by atoms with Gasteiger partial charge in [0.15, 0.2) is 5.82 Å². The molecule has 6 heteroatoms. The normalized spacial score (nSPS) is 19.6. The summed E-state index contributed by atoms with van der Waals surface area (Å²) in [7, 11) is 0. The molecule has 0 radical (unpaired) electrons. The lowest BCUT2D eigenvalue weighted by molar-refractivity contribution is 0.364. The zero-order valence-corrected chi connectivity index (χ0v) is 13.1. The van der Waals surface area contributed by atoms with Crippen LogP contribution in [0.15, 0.2) is 10.6 Å². The first-order chi connectivity index (χ1) is 10.7. The van der Waals surface area contributed by atoms with E-state index in [1.165, 1.54) is 12.8 Å². The summed E-state index contributed by atoms with van der Waals surface area (Å²) in [6.07, 6.45) is 4.50. The summed E-state index contributed by atoms with van der Waals surface area (Å²) in [5, 5.41) is 4.20. The second-order valence-electron chi connectivity index (χ2n) is 6.44. The SMILES string of the molecule is Cc1cc(N2CCC(c3noc(C4CC4)n3)CC2)nc(C)n1. The maximum absolute atomic E-state index is 5.39. The van der Waals surface area contributed by atoms with E-state index in [2.05, 4.69) is 31.1 Å².